The molecule has 0 radical (unpaired) electrons. The minimum absolute atomic E-state index is 0.00925. The lowest BCUT2D eigenvalue weighted by Gasteiger charge is -2.22. The molecule has 0 fully saturated rings. The number of carbonyl (C=O) groups excluding carboxylic acids is 2. The number of hydrogen-bond donors (Lipinski definition) is 3. The lowest BCUT2D eigenvalue weighted by atomic mass is 10.0. The smallest absolute Gasteiger partial charge is 0.305 e. The highest BCUT2D eigenvalue weighted by Crippen LogP contribution is 2.20. The average molecular weight is 1200 g/mol. The Labute approximate surface area is 532 Å². The second kappa shape index (κ2) is 74.8. The van der Waals surface area contributed by atoms with Crippen molar-refractivity contribution >= 4 is 11.9 Å². The molecular formula is C79H153NO5. The summed E-state index contributed by atoms with van der Waals surface area (Å²) in [7, 11) is 0. The molecular weight excluding hydrogens is 1040 g/mol. The Morgan fingerprint density at radius 1 is 0.329 bits per heavy atom. The molecule has 2 atom stereocenters. The van der Waals surface area contributed by atoms with E-state index in [9.17, 15) is 19.8 Å². The van der Waals surface area contributed by atoms with Gasteiger partial charge in [0, 0.05) is 12.8 Å². The summed E-state index contributed by atoms with van der Waals surface area (Å²) in [6, 6.07) is -0.536. The van der Waals surface area contributed by atoms with Crippen molar-refractivity contribution in [3.63, 3.8) is 0 Å². The Balaban J connectivity index is 3.29. The molecule has 0 saturated carbocycles. The first-order valence-electron chi connectivity index (χ1n) is 39.1. The summed E-state index contributed by atoms with van der Waals surface area (Å²) in [6.45, 7) is 4.93. The third-order valence-corrected chi connectivity index (χ3v) is 18.5. The van der Waals surface area contributed by atoms with E-state index in [1.807, 2.05) is 0 Å². The zero-order valence-corrected chi connectivity index (χ0v) is 57.9. The fraction of sp³-hybridized carbons (Fsp3) is 0.924. The summed E-state index contributed by atoms with van der Waals surface area (Å²) in [5, 5.41) is 23.4. The molecule has 6 heteroatoms. The molecule has 3 N–H and O–H groups in total. The Hall–Kier alpha value is -1.66. The van der Waals surface area contributed by atoms with E-state index in [4.69, 9.17) is 4.74 Å². The van der Waals surface area contributed by atoms with Crippen molar-refractivity contribution in [1.29, 1.82) is 0 Å². The van der Waals surface area contributed by atoms with Crippen LogP contribution < -0.4 is 5.32 Å². The second-order valence-electron chi connectivity index (χ2n) is 27.0. The van der Waals surface area contributed by atoms with Crippen LogP contribution in [0.15, 0.2) is 24.3 Å². The number of esters is 1. The van der Waals surface area contributed by atoms with E-state index in [0.29, 0.717) is 25.9 Å². The van der Waals surface area contributed by atoms with Crippen LogP contribution in [0.4, 0.5) is 0 Å². The summed E-state index contributed by atoms with van der Waals surface area (Å²) >= 11 is 0. The van der Waals surface area contributed by atoms with Crippen molar-refractivity contribution in [3.8, 4) is 0 Å². The Bertz CT molecular complexity index is 1330. The maximum absolute atomic E-state index is 12.5. The highest BCUT2D eigenvalue weighted by molar-refractivity contribution is 5.76. The van der Waals surface area contributed by atoms with E-state index in [-0.39, 0.29) is 18.5 Å². The number of rotatable bonds is 74. The molecule has 0 aromatic carbocycles. The van der Waals surface area contributed by atoms with E-state index >= 15 is 0 Å². The number of hydrogen-bond acceptors (Lipinski definition) is 5. The number of carbonyl (C=O) groups is 2. The highest BCUT2D eigenvalue weighted by Gasteiger charge is 2.20. The van der Waals surface area contributed by atoms with Crippen molar-refractivity contribution < 1.29 is 24.5 Å². The highest BCUT2D eigenvalue weighted by atomic mass is 16.5. The molecule has 0 spiro atoms. The molecule has 0 saturated heterocycles. The maximum atomic E-state index is 12.5. The van der Waals surface area contributed by atoms with Gasteiger partial charge in [-0.15, -0.1) is 0 Å². The van der Waals surface area contributed by atoms with Gasteiger partial charge in [0.15, 0.2) is 0 Å². The zero-order valence-electron chi connectivity index (χ0n) is 57.9. The monoisotopic (exact) mass is 1200 g/mol. The predicted octanol–water partition coefficient (Wildman–Crippen LogP) is 25.7. The van der Waals surface area contributed by atoms with Gasteiger partial charge in [-0.2, -0.15) is 0 Å². The minimum Gasteiger partial charge on any atom is -0.466 e. The summed E-state index contributed by atoms with van der Waals surface area (Å²) in [5.74, 6) is -0.0156. The van der Waals surface area contributed by atoms with Crippen LogP contribution in [-0.2, 0) is 14.3 Å². The quantitative estimate of drug-likeness (QED) is 0.0320. The van der Waals surface area contributed by atoms with Gasteiger partial charge in [-0.05, 0) is 51.4 Å². The standard InChI is InChI=1S/C79H153NO5/c1-3-5-7-9-11-13-15-17-18-44-48-51-55-59-63-67-71-77(82)76(75-81)80-78(83)72-68-64-60-56-52-49-45-42-40-38-36-34-32-30-28-26-24-22-20-19-21-23-25-27-29-31-33-35-37-39-41-43-46-50-54-58-62-66-70-74-85-79(84)73-69-65-61-57-53-47-16-14-12-10-8-6-4-2/h8,10,14,16,76-77,81-82H,3-7,9,11-13,15,17-75H2,1-2H3,(H,80,83)/b10-8-,16-14-. The summed E-state index contributed by atoms with van der Waals surface area (Å²) < 4.78 is 5.48. The van der Waals surface area contributed by atoms with E-state index < -0.39 is 12.1 Å². The summed E-state index contributed by atoms with van der Waals surface area (Å²) in [5.41, 5.74) is 0. The van der Waals surface area contributed by atoms with E-state index in [0.717, 1.165) is 51.4 Å². The zero-order chi connectivity index (χ0) is 61.3. The molecule has 504 valence electrons. The molecule has 2 unspecified atom stereocenters. The molecule has 0 aliphatic carbocycles. The minimum atomic E-state index is -0.659. The van der Waals surface area contributed by atoms with Crippen LogP contribution in [0.5, 0.6) is 0 Å². The van der Waals surface area contributed by atoms with Crippen molar-refractivity contribution in [2.45, 2.75) is 456 Å². The van der Waals surface area contributed by atoms with Gasteiger partial charge in [0.05, 0.1) is 25.4 Å². The van der Waals surface area contributed by atoms with E-state index in [1.54, 1.807) is 0 Å². The number of unbranched alkanes of at least 4 members (excludes halogenated alkanes) is 59. The molecule has 0 aliphatic rings. The van der Waals surface area contributed by atoms with Crippen LogP contribution in [0.3, 0.4) is 0 Å². The SMILES string of the molecule is CCC/C=C\C/C=C\CCCCCCCC(=O)OCCCCCCCCCCCCCCCCCCCCCCCCCCCCCCCCCCCCCCCCCC(=O)NC(CO)C(O)CCCCCCCCCCCCCCCCCC. The van der Waals surface area contributed by atoms with Gasteiger partial charge >= 0.3 is 5.97 Å². The van der Waals surface area contributed by atoms with Gasteiger partial charge in [-0.1, -0.05) is 404 Å². The van der Waals surface area contributed by atoms with Gasteiger partial charge in [0.1, 0.15) is 0 Å². The van der Waals surface area contributed by atoms with Crippen molar-refractivity contribution in [1.82, 2.24) is 5.32 Å². The first kappa shape index (κ1) is 83.3. The van der Waals surface area contributed by atoms with Crippen LogP contribution in [0.1, 0.15) is 444 Å². The Morgan fingerprint density at radius 3 is 0.941 bits per heavy atom. The van der Waals surface area contributed by atoms with Gasteiger partial charge in [-0.3, -0.25) is 9.59 Å². The molecule has 6 nitrogen and oxygen atoms in total. The topological polar surface area (TPSA) is 95.9 Å². The Morgan fingerprint density at radius 2 is 0.612 bits per heavy atom. The van der Waals surface area contributed by atoms with Gasteiger partial charge in [0.25, 0.3) is 0 Å². The average Bonchev–Trinajstić information content (AvgIpc) is 3.51. The van der Waals surface area contributed by atoms with Crippen LogP contribution in [-0.4, -0.2) is 47.4 Å². The van der Waals surface area contributed by atoms with Crippen LogP contribution in [0, 0.1) is 0 Å². The van der Waals surface area contributed by atoms with Gasteiger partial charge in [-0.25, -0.2) is 0 Å². The molecule has 85 heavy (non-hydrogen) atoms. The molecule has 1 amide bonds. The maximum Gasteiger partial charge on any atom is 0.305 e. The molecule has 0 aromatic rings. The number of amides is 1. The van der Waals surface area contributed by atoms with Crippen LogP contribution in [0.2, 0.25) is 0 Å². The molecule has 0 aliphatic heterocycles. The van der Waals surface area contributed by atoms with Crippen molar-refractivity contribution in [2.75, 3.05) is 13.2 Å². The molecule has 0 rings (SSSR count). The third kappa shape index (κ3) is 71.3. The number of aliphatic hydroxyl groups excluding tert-OH is 2. The molecule has 0 heterocycles. The van der Waals surface area contributed by atoms with Crippen LogP contribution >= 0.6 is 0 Å². The first-order chi connectivity index (χ1) is 42.0. The normalized spacial score (nSPS) is 12.6. The third-order valence-electron chi connectivity index (χ3n) is 18.5. The number of allylic oxidation sites excluding steroid dienone is 4. The lowest BCUT2D eigenvalue weighted by Crippen LogP contribution is -2.45. The lowest BCUT2D eigenvalue weighted by molar-refractivity contribution is -0.143. The Kier molecular flexibility index (Phi) is 73.3. The van der Waals surface area contributed by atoms with Gasteiger partial charge < -0.3 is 20.3 Å². The van der Waals surface area contributed by atoms with E-state index in [2.05, 4.69) is 43.5 Å². The molecule has 0 aromatic heterocycles. The largest absolute Gasteiger partial charge is 0.466 e. The molecule has 0 bridgehead atoms. The number of ether oxygens (including phenoxy) is 1. The fourth-order valence-corrected chi connectivity index (χ4v) is 12.6. The number of nitrogens with one attached hydrogen (secondary N) is 1. The van der Waals surface area contributed by atoms with Crippen molar-refractivity contribution in [2.24, 2.45) is 0 Å². The summed E-state index contributed by atoms with van der Waals surface area (Å²) in [4.78, 5) is 24.6. The second-order valence-corrected chi connectivity index (χ2v) is 27.0. The summed E-state index contributed by atoms with van der Waals surface area (Å²) in [6.07, 6.45) is 95.7. The van der Waals surface area contributed by atoms with E-state index in [1.165, 1.54) is 360 Å². The number of aliphatic hydroxyl groups is 2. The fourth-order valence-electron chi connectivity index (χ4n) is 12.6. The predicted molar refractivity (Wildman–Crippen MR) is 375 cm³/mol. The van der Waals surface area contributed by atoms with Crippen LogP contribution in [0.25, 0.3) is 0 Å². The van der Waals surface area contributed by atoms with Gasteiger partial charge in [0.2, 0.25) is 5.91 Å². The first-order valence-corrected chi connectivity index (χ1v) is 39.1. The van der Waals surface area contributed by atoms with Crippen molar-refractivity contribution in [3.05, 3.63) is 24.3 Å².